The molecule has 0 saturated carbocycles. The first-order valence-electron chi connectivity index (χ1n) is 8.65. The molecule has 2 atom stereocenters. The first-order chi connectivity index (χ1) is 9.72. The van der Waals surface area contributed by atoms with E-state index in [1.165, 1.54) is 78.3 Å². The van der Waals surface area contributed by atoms with Crippen LogP contribution in [0.4, 0.5) is 0 Å². The molecule has 3 fully saturated rings. The SMILES string of the molecule is CC(C)N1CCN(CCCN2CCN3CC[C@H]2C3)CC1. The summed E-state index contributed by atoms with van der Waals surface area (Å²) in [6, 6.07) is 1.59. The number of hydrogen-bond donors (Lipinski definition) is 0. The lowest BCUT2D eigenvalue weighted by molar-refractivity contribution is 0.0957. The van der Waals surface area contributed by atoms with Crippen molar-refractivity contribution < 1.29 is 0 Å². The van der Waals surface area contributed by atoms with Gasteiger partial charge in [-0.3, -0.25) is 9.80 Å². The Balaban J connectivity index is 1.32. The maximum absolute atomic E-state index is 2.76. The molecule has 0 radical (unpaired) electrons. The molecule has 0 N–H and O–H groups in total. The Morgan fingerprint density at radius 1 is 0.900 bits per heavy atom. The van der Waals surface area contributed by atoms with E-state index in [0.717, 1.165) is 12.1 Å². The lowest BCUT2D eigenvalue weighted by Gasteiger charge is -2.38. The molecule has 116 valence electrons. The minimum Gasteiger partial charge on any atom is -0.301 e. The summed E-state index contributed by atoms with van der Waals surface area (Å²) in [4.78, 5) is 10.7. The van der Waals surface area contributed by atoms with Gasteiger partial charge in [-0.2, -0.15) is 0 Å². The molecule has 0 aliphatic carbocycles. The molecule has 0 aromatic heterocycles. The Labute approximate surface area is 124 Å². The standard InChI is InChI=1S/C16H32N4/c1-15(2)19-11-8-17(9-12-19)5-3-6-20-13-10-18-7-4-16(20)14-18/h15-16H,3-14H2,1-2H3/t16-/m0/s1. The quantitative estimate of drug-likeness (QED) is 0.738. The summed E-state index contributed by atoms with van der Waals surface area (Å²) in [5, 5.41) is 0. The van der Waals surface area contributed by atoms with Crippen molar-refractivity contribution in [3.05, 3.63) is 0 Å². The Hall–Kier alpha value is -0.160. The minimum absolute atomic E-state index is 0.718. The first kappa shape index (κ1) is 14.8. The Morgan fingerprint density at radius 2 is 1.70 bits per heavy atom. The number of hydrogen-bond acceptors (Lipinski definition) is 4. The highest BCUT2D eigenvalue weighted by molar-refractivity contribution is 4.88. The summed E-state index contributed by atoms with van der Waals surface area (Å²) in [6.45, 7) is 17.6. The highest BCUT2D eigenvalue weighted by Crippen LogP contribution is 2.20. The molecule has 0 spiro atoms. The first-order valence-corrected chi connectivity index (χ1v) is 8.65. The van der Waals surface area contributed by atoms with Crippen molar-refractivity contribution in [3.63, 3.8) is 0 Å². The van der Waals surface area contributed by atoms with Crippen LogP contribution in [0.25, 0.3) is 0 Å². The van der Waals surface area contributed by atoms with Gasteiger partial charge in [-0.25, -0.2) is 0 Å². The predicted octanol–water partition coefficient (Wildman–Crippen LogP) is 0.792. The van der Waals surface area contributed by atoms with Crippen molar-refractivity contribution in [1.29, 1.82) is 0 Å². The van der Waals surface area contributed by atoms with E-state index in [1.54, 1.807) is 0 Å². The smallest absolute Gasteiger partial charge is 0.0235 e. The third-order valence-electron chi connectivity index (χ3n) is 5.52. The third kappa shape index (κ3) is 3.53. The summed E-state index contributed by atoms with van der Waals surface area (Å²) in [7, 11) is 0. The Kier molecular flexibility index (Phi) is 4.97. The van der Waals surface area contributed by atoms with Gasteiger partial charge in [0.15, 0.2) is 0 Å². The molecule has 2 bridgehead atoms. The van der Waals surface area contributed by atoms with E-state index in [2.05, 4.69) is 33.4 Å². The van der Waals surface area contributed by atoms with E-state index in [1.807, 2.05) is 0 Å². The molecule has 3 saturated heterocycles. The van der Waals surface area contributed by atoms with Crippen molar-refractivity contribution in [2.45, 2.75) is 38.8 Å². The zero-order valence-corrected chi connectivity index (χ0v) is 13.4. The molecule has 3 aliphatic heterocycles. The van der Waals surface area contributed by atoms with E-state index in [-0.39, 0.29) is 0 Å². The summed E-state index contributed by atoms with van der Waals surface area (Å²) in [5.41, 5.74) is 0. The van der Waals surface area contributed by atoms with Gasteiger partial charge in [-0.1, -0.05) is 0 Å². The lowest BCUT2D eigenvalue weighted by atomic mass is 10.2. The second kappa shape index (κ2) is 6.73. The molecular weight excluding hydrogens is 248 g/mol. The van der Waals surface area contributed by atoms with E-state index in [0.29, 0.717) is 0 Å². The molecule has 3 aliphatic rings. The second-order valence-electron chi connectivity index (χ2n) is 7.10. The van der Waals surface area contributed by atoms with Crippen molar-refractivity contribution in [2.24, 2.45) is 0 Å². The van der Waals surface area contributed by atoms with Crippen LogP contribution in [0.5, 0.6) is 0 Å². The fourth-order valence-electron chi connectivity index (χ4n) is 4.06. The van der Waals surface area contributed by atoms with E-state index < -0.39 is 0 Å². The summed E-state index contributed by atoms with van der Waals surface area (Å²) >= 11 is 0. The lowest BCUT2D eigenvalue weighted by Crippen LogP contribution is -2.50. The molecule has 0 aromatic carbocycles. The highest BCUT2D eigenvalue weighted by Gasteiger charge is 2.31. The van der Waals surface area contributed by atoms with Gasteiger partial charge in [-0.05, 0) is 46.3 Å². The fraction of sp³-hybridized carbons (Fsp3) is 1.00. The van der Waals surface area contributed by atoms with Gasteiger partial charge in [0.1, 0.15) is 0 Å². The number of piperazine rings is 2. The van der Waals surface area contributed by atoms with Crippen molar-refractivity contribution in [1.82, 2.24) is 19.6 Å². The molecule has 3 heterocycles. The molecule has 1 unspecified atom stereocenters. The van der Waals surface area contributed by atoms with Crippen LogP contribution in [0, 0.1) is 0 Å². The molecule has 4 nitrogen and oxygen atoms in total. The minimum atomic E-state index is 0.718. The zero-order chi connectivity index (χ0) is 13.9. The van der Waals surface area contributed by atoms with Gasteiger partial charge in [0.2, 0.25) is 0 Å². The van der Waals surface area contributed by atoms with Crippen LogP contribution in [-0.4, -0.2) is 97.1 Å². The van der Waals surface area contributed by atoms with Crippen LogP contribution in [-0.2, 0) is 0 Å². The normalized spacial score (nSPS) is 33.1. The largest absolute Gasteiger partial charge is 0.301 e. The van der Waals surface area contributed by atoms with Crippen LogP contribution in [0.3, 0.4) is 0 Å². The third-order valence-corrected chi connectivity index (χ3v) is 5.52. The molecular formula is C16H32N4. The summed E-state index contributed by atoms with van der Waals surface area (Å²) < 4.78 is 0. The second-order valence-corrected chi connectivity index (χ2v) is 7.10. The molecule has 20 heavy (non-hydrogen) atoms. The Morgan fingerprint density at radius 3 is 2.45 bits per heavy atom. The van der Waals surface area contributed by atoms with E-state index >= 15 is 0 Å². The Bertz CT molecular complexity index is 299. The molecule has 3 rings (SSSR count). The van der Waals surface area contributed by atoms with Crippen molar-refractivity contribution >= 4 is 0 Å². The van der Waals surface area contributed by atoms with Crippen LogP contribution < -0.4 is 0 Å². The van der Waals surface area contributed by atoms with Gasteiger partial charge in [-0.15, -0.1) is 0 Å². The monoisotopic (exact) mass is 280 g/mol. The summed E-state index contributed by atoms with van der Waals surface area (Å²) in [6.07, 6.45) is 2.77. The van der Waals surface area contributed by atoms with Gasteiger partial charge >= 0.3 is 0 Å². The predicted molar refractivity (Wildman–Crippen MR) is 84.2 cm³/mol. The van der Waals surface area contributed by atoms with Gasteiger partial charge < -0.3 is 9.80 Å². The molecule has 4 heteroatoms. The fourth-order valence-corrected chi connectivity index (χ4v) is 4.06. The number of rotatable bonds is 5. The summed E-state index contributed by atoms with van der Waals surface area (Å²) in [5.74, 6) is 0. The van der Waals surface area contributed by atoms with Crippen LogP contribution in [0.2, 0.25) is 0 Å². The van der Waals surface area contributed by atoms with Crippen LogP contribution >= 0.6 is 0 Å². The van der Waals surface area contributed by atoms with Gasteiger partial charge in [0.05, 0.1) is 0 Å². The molecule has 0 aromatic rings. The highest BCUT2D eigenvalue weighted by atomic mass is 15.3. The number of nitrogens with zero attached hydrogens (tertiary/aromatic N) is 4. The topological polar surface area (TPSA) is 13.0 Å². The van der Waals surface area contributed by atoms with Crippen LogP contribution in [0.15, 0.2) is 0 Å². The average Bonchev–Trinajstić information content (AvgIpc) is 2.84. The van der Waals surface area contributed by atoms with Gasteiger partial charge in [0, 0.05) is 57.9 Å². The zero-order valence-electron chi connectivity index (χ0n) is 13.4. The number of fused-ring (bicyclic) bond motifs is 2. The van der Waals surface area contributed by atoms with Crippen LogP contribution in [0.1, 0.15) is 26.7 Å². The average molecular weight is 280 g/mol. The van der Waals surface area contributed by atoms with Gasteiger partial charge in [0.25, 0.3) is 0 Å². The maximum Gasteiger partial charge on any atom is 0.0235 e. The van der Waals surface area contributed by atoms with Crippen molar-refractivity contribution in [2.75, 3.05) is 65.4 Å². The van der Waals surface area contributed by atoms with E-state index in [4.69, 9.17) is 0 Å². The van der Waals surface area contributed by atoms with Crippen molar-refractivity contribution in [3.8, 4) is 0 Å². The maximum atomic E-state index is 2.76. The molecule has 0 amide bonds. The van der Waals surface area contributed by atoms with E-state index in [9.17, 15) is 0 Å².